The molecule has 1 aliphatic carbocycles. The molecule has 216 valence electrons. The van der Waals surface area contributed by atoms with Crippen molar-refractivity contribution in [1.82, 2.24) is 29.9 Å². The molecule has 0 spiro atoms. The molecule has 0 amide bonds. The molecule has 1 fully saturated rings. The summed E-state index contributed by atoms with van der Waals surface area (Å²) >= 11 is 1.55. The van der Waals surface area contributed by atoms with Gasteiger partial charge in [-0.3, -0.25) is 4.68 Å². The first kappa shape index (κ1) is 27.8. The van der Waals surface area contributed by atoms with Gasteiger partial charge in [0.25, 0.3) is 0 Å². The van der Waals surface area contributed by atoms with Crippen molar-refractivity contribution in [3.63, 3.8) is 0 Å². The number of rotatable bonds is 8. The molecule has 6 rings (SSSR count). The number of aromatic nitrogens is 6. The molecule has 4 heterocycles. The minimum atomic E-state index is -1.09. The first-order chi connectivity index (χ1) is 20.2. The molecule has 0 bridgehead atoms. The highest BCUT2D eigenvalue weighted by molar-refractivity contribution is 7.22. The fourth-order valence-corrected chi connectivity index (χ4v) is 6.58. The van der Waals surface area contributed by atoms with Crippen molar-refractivity contribution in [2.24, 2.45) is 5.41 Å². The van der Waals surface area contributed by atoms with E-state index in [0.29, 0.717) is 23.0 Å². The number of nitrogens with one attached hydrogen (secondary N) is 1. The van der Waals surface area contributed by atoms with E-state index in [-0.39, 0.29) is 11.1 Å². The van der Waals surface area contributed by atoms with Crippen molar-refractivity contribution >= 4 is 50.1 Å². The lowest BCUT2D eigenvalue weighted by Gasteiger charge is -2.33. The first-order valence-electron chi connectivity index (χ1n) is 14.2. The normalized spacial score (nSPS) is 14.7. The summed E-state index contributed by atoms with van der Waals surface area (Å²) in [7, 11) is 1.80. The van der Waals surface area contributed by atoms with Crippen LogP contribution in [-0.2, 0) is 6.54 Å². The second-order valence-corrected chi connectivity index (χ2v) is 12.5. The summed E-state index contributed by atoms with van der Waals surface area (Å²) in [5.41, 5.74) is 4.28. The van der Waals surface area contributed by atoms with Crippen LogP contribution in [0.1, 0.15) is 60.8 Å². The lowest BCUT2D eigenvalue weighted by molar-refractivity contribution is 0.0691. The van der Waals surface area contributed by atoms with Gasteiger partial charge in [0.2, 0.25) is 0 Å². The van der Waals surface area contributed by atoms with Gasteiger partial charge in [-0.05, 0) is 68.0 Å². The maximum Gasteiger partial charge on any atom is 0.355 e. The van der Waals surface area contributed by atoms with Crippen LogP contribution in [0.4, 0.5) is 22.6 Å². The maximum absolute atomic E-state index is 12.4. The maximum atomic E-state index is 12.4. The van der Waals surface area contributed by atoms with E-state index in [1.807, 2.05) is 61.0 Å². The predicted molar refractivity (Wildman–Crippen MR) is 166 cm³/mol. The smallest absolute Gasteiger partial charge is 0.355 e. The van der Waals surface area contributed by atoms with Crippen LogP contribution in [0.2, 0.25) is 0 Å². The van der Waals surface area contributed by atoms with Crippen LogP contribution in [0, 0.1) is 19.3 Å². The van der Waals surface area contributed by atoms with E-state index < -0.39 is 5.97 Å². The average Bonchev–Trinajstić information content (AvgIpc) is 3.56. The Bertz CT molecular complexity index is 1740. The number of aromatic carboxylic acids is 1. The molecule has 0 unspecified atom stereocenters. The largest absolute Gasteiger partial charge is 0.476 e. The molecule has 2 N–H and O–H groups in total. The molecule has 1 saturated carbocycles. The topological polar surface area (TPSA) is 122 Å². The van der Waals surface area contributed by atoms with E-state index in [1.165, 1.54) is 32.1 Å². The number of pyridine rings is 1. The molecule has 5 aromatic rings. The third-order valence-corrected chi connectivity index (χ3v) is 9.20. The number of carboxylic acids is 1. The van der Waals surface area contributed by atoms with E-state index in [0.717, 1.165) is 38.7 Å². The van der Waals surface area contributed by atoms with Crippen molar-refractivity contribution in [2.75, 3.05) is 17.3 Å². The highest BCUT2D eigenvalue weighted by atomic mass is 32.1. The van der Waals surface area contributed by atoms with Crippen LogP contribution in [0.25, 0.3) is 21.3 Å². The minimum Gasteiger partial charge on any atom is -0.476 e. The van der Waals surface area contributed by atoms with Crippen molar-refractivity contribution in [1.29, 1.82) is 0 Å². The van der Waals surface area contributed by atoms with E-state index in [9.17, 15) is 9.90 Å². The number of fused-ring (bicyclic) bond motifs is 1. The number of thiazole rings is 1. The zero-order chi connectivity index (χ0) is 29.4. The number of para-hydroxylation sites is 1. The Morgan fingerprint density at radius 1 is 1.05 bits per heavy atom. The summed E-state index contributed by atoms with van der Waals surface area (Å²) in [5.74, 6) is 0.514. The highest BCUT2D eigenvalue weighted by Crippen LogP contribution is 2.38. The highest BCUT2D eigenvalue weighted by Gasteiger charge is 2.29. The van der Waals surface area contributed by atoms with Crippen LogP contribution in [0.3, 0.4) is 0 Å². The van der Waals surface area contributed by atoms with Crippen LogP contribution >= 0.6 is 11.3 Å². The average molecular weight is 583 g/mol. The number of anilines is 4. The molecule has 1 aliphatic rings. The summed E-state index contributed by atoms with van der Waals surface area (Å²) in [6.07, 6.45) is 7.93. The fraction of sp³-hybridized carbons (Fsp3) is 0.355. The minimum absolute atomic E-state index is 0.0234. The second kappa shape index (κ2) is 11.1. The summed E-state index contributed by atoms with van der Waals surface area (Å²) in [5, 5.41) is 27.6. The van der Waals surface area contributed by atoms with Gasteiger partial charge in [-0.2, -0.15) is 5.10 Å². The van der Waals surface area contributed by atoms with Gasteiger partial charge in [0.1, 0.15) is 5.82 Å². The van der Waals surface area contributed by atoms with Crippen molar-refractivity contribution in [3.8, 4) is 11.1 Å². The molecule has 4 aromatic heterocycles. The fourth-order valence-electron chi connectivity index (χ4n) is 5.71. The number of hydrogen-bond acceptors (Lipinski definition) is 9. The Morgan fingerprint density at radius 3 is 2.57 bits per heavy atom. The number of benzene rings is 1. The van der Waals surface area contributed by atoms with Gasteiger partial charge in [-0.1, -0.05) is 49.7 Å². The van der Waals surface area contributed by atoms with Crippen LogP contribution in [0.5, 0.6) is 0 Å². The van der Waals surface area contributed by atoms with Gasteiger partial charge in [0, 0.05) is 30.4 Å². The van der Waals surface area contributed by atoms with Crippen LogP contribution in [0.15, 0.2) is 48.7 Å². The number of hydrogen-bond donors (Lipinski definition) is 2. The molecule has 0 aliphatic heterocycles. The van der Waals surface area contributed by atoms with Gasteiger partial charge < -0.3 is 15.3 Å². The molecule has 42 heavy (non-hydrogen) atoms. The first-order valence-corrected chi connectivity index (χ1v) is 15.0. The monoisotopic (exact) mass is 582 g/mol. The third-order valence-electron chi connectivity index (χ3n) is 8.25. The molecular weight excluding hydrogens is 548 g/mol. The van der Waals surface area contributed by atoms with Crippen molar-refractivity contribution in [2.45, 2.75) is 59.4 Å². The zero-order valence-corrected chi connectivity index (χ0v) is 25.1. The van der Waals surface area contributed by atoms with Crippen molar-refractivity contribution in [3.05, 3.63) is 65.6 Å². The molecule has 0 saturated heterocycles. The van der Waals surface area contributed by atoms with E-state index in [1.54, 1.807) is 29.5 Å². The van der Waals surface area contributed by atoms with Gasteiger partial charge in [0.05, 0.1) is 16.4 Å². The van der Waals surface area contributed by atoms with E-state index in [2.05, 4.69) is 37.5 Å². The predicted octanol–water partition coefficient (Wildman–Crippen LogP) is 7.14. The number of nitrogens with zero attached hydrogens (tertiary/aromatic N) is 7. The standard InChI is InChI=1S/C31H34N8O2S/c1-19-16-26(36-37-28(19)35-30-33-23-10-6-7-11-24(23)42-30)38(4)25-13-12-21(27(34-25)29(40)41)22-17-32-39(20(22)2)18-31(3)14-8-5-9-15-31/h6-7,10-13,16-17H,5,8-9,14-15,18H2,1-4H3,(H,40,41)(H,33,35,37). The zero-order valence-electron chi connectivity index (χ0n) is 24.3. The lowest BCUT2D eigenvalue weighted by atomic mass is 9.76. The molecule has 10 nitrogen and oxygen atoms in total. The van der Waals surface area contributed by atoms with E-state index in [4.69, 9.17) is 0 Å². The molecule has 0 radical (unpaired) electrons. The van der Waals surface area contributed by atoms with Crippen molar-refractivity contribution < 1.29 is 9.90 Å². The number of carbonyl (C=O) groups is 1. The Balaban J connectivity index is 1.24. The molecular formula is C31H34N8O2S. The number of carboxylic acid groups (broad SMARTS) is 1. The molecule has 1 aromatic carbocycles. The third kappa shape index (κ3) is 5.44. The summed E-state index contributed by atoms with van der Waals surface area (Å²) in [6, 6.07) is 13.5. The Kier molecular flexibility index (Phi) is 7.36. The van der Waals surface area contributed by atoms with E-state index >= 15 is 0 Å². The van der Waals surface area contributed by atoms with Crippen LogP contribution in [-0.4, -0.2) is 48.1 Å². The summed E-state index contributed by atoms with van der Waals surface area (Å²) in [4.78, 5) is 23.3. The van der Waals surface area contributed by atoms with Gasteiger partial charge >= 0.3 is 5.97 Å². The lowest BCUT2D eigenvalue weighted by Crippen LogP contribution is -2.27. The van der Waals surface area contributed by atoms with Gasteiger partial charge in [0.15, 0.2) is 22.5 Å². The van der Waals surface area contributed by atoms with Gasteiger partial charge in [-0.25, -0.2) is 14.8 Å². The summed E-state index contributed by atoms with van der Waals surface area (Å²) < 4.78 is 3.11. The van der Waals surface area contributed by atoms with Crippen LogP contribution < -0.4 is 10.2 Å². The SMILES string of the molecule is Cc1cc(N(C)c2ccc(-c3cnn(CC4(C)CCCCC4)c3C)c(C(=O)O)n2)nnc1Nc1nc2ccccc2s1. The molecule has 11 heteroatoms. The quantitative estimate of drug-likeness (QED) is 0.196. The summed E-state index contributed by atoms with van der Waals surface area (Å²) in [6.45, 7) is 7.10. The Hall–Kier alpha value is -4.38. The Labute approximate surface area is 248 Å². The molecule has 0 atom stereocenters. The second-order valence-electron chi connectivity index (χ2n) is 11.4. The Morgan fingerprint density at radius 2 is 1.83 bits per heavy atom. The number of aryl methyl sites for hydroxylation is 1. The van der Waals surface area contributed by atoms with Gasteiger partial charge in [-0.15, -0.1) is 10.2 Å².